The van der Waals surface area contributed by atoms with Crippen molar-refractivity contribution in [2.75, 3.05) is 0 Å². The van der Waals surface area contributed by atoms with Crippen molar-refractivity contribution in [1.29, 1.82) is 0 Å². The molecule has 1 radical (unpaired) electrons. The van der Waals surface area contributed by atoms with Crippen molar-refractivity contribution in [3.8, 4) is 0 Å². The van der Waals surface area contributed by atoms with Gasteiger partial charge in [-0.05, 0) is 6.92 Å². The third-order valence-electron chi connectivity index (χ3n) is 1.53. The van der Waals surface area contributed by atoms with Crippen LogP contribution in [0.15, 0.2) is 0 Å². The van der Waals surface area contributed by atoms with Gasteiger partial charge in [0.2, 0.25) is 6.43 Å². The fourth-order valence-electron chi connectivity index (χ4n) is 0.656. The maximum Gasteiger partial charge on any atom is 0.310 e. The zero-order chi connectivity index (χ0) is 10.7. The van der Waals surface area contributed by atoms with E-state index < -0.39 is 37.5 Å². The van der Waals surface area contributed by atoms with Gasteiger partial charge in [0.25, 0.3) is 0 Å². The molecule has 0 aromatic heterocycles. The van der Waals surface area contributed by atoms with Gasteiger partial charge >= 0.3 is 11.8 Å². The molecule has 0 aromatic rings. The summed E-state index contributed by atoms with van der Waals surface area (Å²) in [6.45, 7) is 2.63. The normalized spacial score (nSPS) is 13.8. The van der Waals surface area contributed by atoms with Crippen LogP contribution in [0.1, 0.15) is 19.3 Å². The number of rotatable bonds is 5. The van der Waals surface area contributed by atoms with E-state index in [-0.39, 0.29) is 0 Å². The third-order valence-corrected chi connectivity index (χ3v) is 1.53. The molecule has 0 unspecified atom stereocenters. The van der Waals surface area contributed by atoms with Crippen LogP contribution in [-0.4, -0.2) is 18.3 Å². The molecular formula is C7H9F6. The molecule has 0 aliphatic heterocycles. The molecule has 0 saturated heterocycles. The number of hydrogen-bond donors (Lipinski definition) is 0. The van der Waals surface area contributed by atoms with E-state index in [1.807, 2.05) is 0 Å². The molecule has 6 heteroatoms. The first kappa shape index (κ1) is 12.6. The van der Waals surface area contributed by atoms with Crippen LogP contribution in [-0.2, 0) is 0 Å². The molecule has 0 fully saturated rings. The average Bonchev–Trinajstić information content (AvgIpc) is 2.01. The lowest BCUT2D eigenvalue weighted by atomic mass is 10.0. The van der Waals surface area contributed by atoms with Crippen molar-refractivity contribution in [2.45, 2.75) is 37.5 Å². The Morgan fingerprint density at radius 2 is 1.46 bits per heavy atom. The first-order valence-electron chi connectivity index (χ1n) is 3.56. The van der Waals surface area contributed by atoms with Gasteiger partial charge < -0.3 is 0 Å². The number of hydrogen-bond acceptors (Lipinski definition) is 0. The Morgan fingerprint density at radius 3 is 1.77 bits per heavy atom. The fourth-order valence-corrected chi connectivity index (χ4v) is 0.656. The van der Waals surface area contributed by atoms with Gasteiger partial charge in [0, 0.05) is 19.3 Å². The largest absolute Gasteiger partial charge is 0.310 e. The predicted octanol–water partition coefficient (Wildman–Crippen LogP) is 3.53. The Morgan fingerprint density at radius 1 is 1.00 bits per heavy atom. The summed E-state index contributed by atoms with van der Waals surface area (Å²) in [4.78, 5) is 0. The van der Waals surface area contributed by atoms with Gasteiger partial charge in [0.05, 0.1) is 0 Å². The molecule has 0 amide bonds. The maximum absolute atomic E-state index is 12.4. The summed E-state index contributed by atoms with van der Waals surface area (Å²) < 4.78 is 72.5. The molecule has 0 aromatic carbocycles. The minimum atomic E-state index is -4.40. The summed E-state index contributed by atoms with van der Waals surface area (Å²) in [7, 11) is 0. The second kappa shape index (κ2) is 4.19. The zero-order valence-electron chi connectivity index (χ0n) is 6.67. The zero-order valence-corrected chi connectivity index (χ0v) is 6.67. The van der Waals surface area contributed by atoms with Gasteiger partial charge in [-0.25, -0.2) is 8.78 Å². The topological polar surface area (TPSA) is 0 Å². The van der Waals surface area contributed by atoms with Gasteiger partial charge in [-0.3, -0.25) is 0 Å². The van der Waals surface area contributed by atoms with Gasteiger partial charge in [-0.1, -0.05) is 0 Å². The molecule has 0 rings (SSSR count). The van der Waals surface area contributed by atoms with Crippen molar-refractivity contribution in [2.24, 2.45) is 0 Å². The summed E-state index contributed by atoms with van der Waals surface area (Å²) in [5.74, 6) is -8.70. The first-order chi connectivity index (χ1) is 5.73. The Labute approximate surface area is 71.9 Å². The van der Waals surface area contributed by atoms with Crippen molar-refractivity contribution in [3.63, 3.8) is 0 Å². The monoisotopic (exact) mass is 207 g/mol. The fraction of sp³-hybridized carbons (Fsp3) is 0.857. The van der Waals surface area contributed by atoms with Crippen molar-refractivity contribution in [3.05, 3.63) is 6.92 Å². The highest BCUT2D eigenvalue weighted by Crippen LogP contribution is 2.40. The van der Waals surface area contributed by atoms with E-state index in [0.717, 1.165) is 0 Å². The Kier molecular flexibility index (Phi) is 4.06. The lowest BCUT2D eigenvalue weighted by Gasteiger charge is -2.25. The quantitative estimate of drug-likeness (QED) is 0.605. The van der Waals surface area contributed by atoms with Crippen LogP contribution in [0.3, 0.4) is 0 Å². The summed E-state index contributed by atoms with van der Waals surface area (Å²) in [5, 5.41) is 0. The van der Waals surface area contributed by atoms with Crippen LogP contribution < -0.4 is 0 Å². The van der Waals surface area contributed by atoms with Crippen LogP contribution in [0.4, 0.5) is 26.3 Å². The Bertz CT molecular complexity index is 153. The summed E-state index contributed by atoms with van der Waals surface area (Å²) in [5.41, 5.74) is 0. The lowest BCUT2D eigenvalue weighted by molar-refractivity contribution is -0.212. The smallest absolute Gasteiger partial charge is 0.211 e. The molecule has 79 valence electrons. The standard InChI is InChI=1S/C7H9F6/c1-2-6(10,11)7(12,13)4-3-5(8)9/h5H,1-4H2. The molecule has 0 aliphatic rings. The number of alkyl halides is 6. The van der Waals surface area contributed by atoms with Crippen LogP contribution in [0.2, 0.25) is 0 Å². The molecule has 0 spiro atoms. The summed E-state index contributed by atoms with van der Waals surface area (Å²) >= 11 is 0. The minimum absolute atomic E-state index is 1.23. The van der Waals surface area contributed by atoms with E-state index in [9.17, 15) is 26.3 Å². The van der Waals surface area contributed by atoms with Crippen molar-refractivity contribution >= 4 is 0 Å². The molecule has 0 bridgehead atoms. The minimum Gasteiger partial charge on any atom is -0.211 e. The molecule has 0 atom stereocenters. The molecule has 0 aliphatic carbocycles. The van der Waals surface area contributed by atoms with Gasteiger partial charge in [-0.2, -0.15) is 17.6 Å². The summed E-state index contributed by atoms with van der Waals surface area (Å²) in [6, 6.07) is 0. The van der Waals surface area contributed by atoms with Crippen molar-refractivity contribution in [1.82, 2.24) is 0 Å². The highest BCUT2D eigenvalue weighted by atomic mass is 19.3. The highest BCUT2D eigenvalue weighted by molar-refractivity contribution is 4.85. The van der Waals surface area contributed by atoms with E-state index in [4.69, 9.17) is 0 Å². The first-order valence-corrected chi connectivity index (χ1v) is 3.56. The molecule has 13 heavy (non-hydrogen) atoms. The highest BCUT2D eigenvalue weighted by Gasteiger charge is 2.54. The average molecular weight is 207 g/mol. The van der Waals surface area contributed by atoms with Gasteiger partial charge in [-0.15, -0.1) is 0 Å². The van der Waals surface area contributed by atoms with E-state index in [1.165, 1.54) is 0 Å². The van der Waals surface area contributed by atoms with E-state index in [2.05, 4.69) is 6.92 Å². The predicted molar refractivity (Wildman–Crippen MR) is 35.1 cm³/mol. The molecule has 0 nitrogen and oxygen atoms in total. The van der Waals surface area contributed by atoms with Crippen LogP contribution in [0, 0.1) is 6.92 Å². The van der Waals surface area contributed by atoms with Crippen LogP contribution in [0.25, 0.3) is 0 Å². The Hall–Kier alpha value is -0.420. The molecule has 0 heterocycles. The second-order valence-electron chi connectivity index (χ2n) is 2.59. The van der Waals surface area contributed by atoms with Gasteiger partial charge in [0.15, 0.2) is 0 Å². The maximum atomic E-state index is 12.4. The van der Waals surface area contributed by atoms with E-state index in [1.54, 1.807) is 0 Å². The van der Waals surface area contributed by atoms with E-state index >= 15 is 0 Å². The van der Waals surface area contributed by atoms with E-state index in [0.29, 0.717) is 0 Å². The SMILES string of the molecule is [CH2]CC(F)(F)C(F)(F)CCC(F)F. The molecule has 0 saturated carbocycles. The Balaban J connectivity index is 4.22. The second-order valence-corrected chi connectivity index (χ2v) is 2.59. The van der Waals surface area contributed by atoms with Crippen LogP contribution in [0.5, 0.6) is 0 Å². The number of halogens is 6. The van der Waals surface area contributed by atoms with Crippen LogP contribution >= 0.6 is 0 Å². The molecular weight excluding hydrogens is 198 g/mol. The van der Waals surface area contributed by atoms with Crippen molar-refractivity contribution < 1.29 is 26.3 Å². The molecule has 0 N–H and O–H groups in total. The lowest BCUT2D eigenvalue weighted by Crippen LogP contribution is -2.40. The summed E-state index contributed by atoms with van der Waals surface area (Å²) in [6.07, 6.45) is -7.05. The third kappa shape index (κ3) is 3.44. The van der Waals surface area contributed by atoms with Gasteiger partial charge in [0.1, 0.15) is 0 Å².